The van der Waals surface area contributed by atoms with Gasteiger partial charge in [0.25, 0.3) is 5.91 Å². The van der Waals surface area contributed by atoms with E-state index >= 15 is 0 Å². The summed E-state index contributed by atoms with van der Waals surface area (Å²) in [6.07, 6.45) is 1.34. The Hall–Kier alpha value is -3.31. The molecule has 1 amide bonds. The normalized spacial score (nSPS) is 11.0. The minimum absolute atomic E-state index is 0.0275. The smallest absolute Gasteiger partial charge is 0.335 e. The van der Waals surface area contributed by atoms with Crippen molar-refractivity contribution in [1.82, 2.24) is 0 Å². The minimum Gasteiger partial charge on any atom is -0.493 e. The first-order valence-corrected chi connectivity index (χ1v) is 9.35. The van der Waals surface area contributed by atoms with Gasteiger partial charge in [-0.1, -0.05) is 6.07 Å². The lowest BCUT2D eigenvalue weighted by atomic mass is 10.1. The molecule has 0 fully saturated rings. The van der Waals surface area contributed by atoms with Crippen molar-refractivity contribution in [3.05, 3.63) is 57.6 Å². The van der Waals surface area contributed by atoms with Crippen LogP contribution in [0.1, 0.15) is 29.8 Å². The minimum atomic E-state index is -1.11. The van der Waals surface area contributed by atoms with Gasteiger partial charge in [0.1, 0.15) is 11.6 Å². The number of carbonyl (C=O) groups excluding carboxylic acids is 1. The van der Waals surface area contributed by atoms with Gasteiger partial charge in [0, 0.05) is 5.69 Å². The molecule has 0 aromatic heterocycles. The van der Waals surface area contributed by atoms with Crippen LogP contribution in [0.5, 0.6) is 11.5 Å². The molecule has 0 saturated heterocycles. The highest BCUT2D eigenvalue weighted by Crippen LogP contribution is 2.38. The van der Waals surface area contributed by atoms with Crippen molar-refractivity contribution in [1.29, 1.82) is 5.26 Å². The number of hydrogen-bond donors (Lipinski definition) is 2. The van der Waals surface area contributed by atoms with Gasteiger partial charge in [0.05, 0.1) is 23.2 Å². The van der Waals surface area contributed by atoms with Crippen LogP contribution in [0.4, 0.5) is 5.69 Å². The SMILES string of the molecule is COc1cc(C=C(C#N)C(=O)Nc2cccc(C(=O)O)c2)cc(Br)c1OC(C)C. The fourth-order valence-corrected chi connectivity index (χ4v) is 2.97. The number of anilines is 1. The summed E-state index contributed by atoms with van der Waals surface area (Å²) in [7, 11) is 1.50. The molecule has 7 nitrogen and oxygen atoms in total. The maximum absolute atomic E-state index is 12.5. The summed E-state index contributed by atoms with van der Waals surface area (Å²) in [5.41, 5.74) is 0.697. The molecule has 2 N–H and O–H groups in total. The molecule has 0 saturated carbocycles. The number of nitrogens with zero attached hydrogens (tertiary/aromatic N) is 1. The summed E-state index contributed by atoms with van der Waals surface area (Å²) in [6.45, 7) is 3.77. The van der Waals surface area contributed by atoms with Gasteiger partial charge < -0.3 is 19.9 Å². The number of methoxy groups -OCH3 is 1. The first-order valence-electron chi connectivity index (χ1n) is 8.55. The molecular weight excluding hydrogens is 440 g/mol. The van der Waals surface area contributed by atoms with E-state index in [1.165, 1.54) is 37.5 Å². The predicted molar refractivity (Wildman–Crippen MR) is 112 cm³/mol. The van der Waals surface area contributed by atoms with E-state index < -0.39 is 11.9 Å². The van der Waals surface area contributed by atoms with Crippen molar-refractivity contribution in [2.24, 2.45) is 0 Å². The molecule has 0 heterocycles. The fraction of sp³-hybridized carbons (Fsp3) is 0.190. The number of amides is 1. The molecular formula is C21H19BrN2O5. The second-order valence-corrected chi connectivity index (χ2v) is 7.06. The summed E-state index contributed by atoms with van der Waals surface area (Å²) in [4.78, 5) is 23.5. The van der Waals surface area contributed by atoms with Crippen LogP contribution in [-0.2, 0) is 4.79 Å². The van der Waals surface area contributed by atoms with E-state index in [2.05, 4.69) is 21.2 Å². The van der Waals surface area contributed by atoms with Crippen molar-refractivity contribution in [3.63, 3.8) is 0 Å². The van der Waals surface area contributed by atoms with Gasteiger partial charge in [-0.2, -0.15) is 5.26 Å². The number of carbonyl (C=O) groups is 2. The lowest BCUT2D eigenvalue weighted by Gasteiger charge is -2.16. The van der Waals surface area contributed by atoms with E-state index in [9.17, 15) is 14.9 Å². The van der Waals surface area contributed by atoms with E-state index in [4.69, 9.17) is 14.6 Å². The Morgan fingerprint density at radius 1 is 1.28 bits per heavy atom. The molecule has 2 aromatic rings. The third-order valence-electron chi connectivity index (χ3n) is 3.65. The number of carboxylic acids is 1. The van der Waals surface area contributed by atoms with Crippen LogP contribution < -0.4 is 14.8 Å². The highest BCUT2D eigenvalue weighted by atomic mass is 79.9. The van der Waals surface area contributed by atoms with E-state index in [0.717, 1.165) is 0 Å². The molecule has 29 heavy (non-hydrogen) atoms. The first-order chi connectivity index (χ1) is 13.7. The summed E-state index contributed by atoms with van der Waals surface area (Å²) >= 11 is 3.42. The Morgan fingerprint density at radius 3 is 2.59 bits per heavy atom. The Morgan fingerprint density at radius 2 is 2.00 bits per heavy atom. The number of nitriles is 1. The summed E-state index contributed by atoms with van der Waals surface area (Å²) in [5, 5.41) is 21.0. The van der Waals surface area contributed by atoms with Crippen LogP contribution in [0.2, 0.25) is 0 Å². The quantitative estimate of drug-likeness (QED) is 0.467. The van der Waals surface area contributed by atoms with Gasteiger partial charge >= 0.3 is 5.97 Å². The van der Waals surface area contributed by atoms with Gasteiger partial charge in [-0.15, -0.1) is 0 Å². The number of hydrogen-bond acceptors (Lipinski definition) is 5. The Kier molecular flexibility index (Phi) is 7.39. The van der Waals surface area contributed by atoms with Crippen LogP contribution in [0.15, 0.2) is 46.4 Å². The third-order valence-corrected chi connectivity index (χ3v) is 4.24. The number of nitrogens with one attached hydrogen (secondary N) is 1. The zero-order valence-electron chi connectivity index (χ0n) is 16.0. The molecule has 0 spiro atoms. The highest BCUT2D eigenvalue weighted by Gasteiger charge is 2.15. The van der Waals surface area contributed by atoms with Gasteiger partial charge in [-0.25, -0.2) is 4.79 Å². The van der Waals surface area contributed by atoms with Crippen molar-refractivity contribution >= 4 is 39.6 Å². The number of rotatable bonds is 7. The van der Waals surface area contributed by atoms with E-state index in [1.54, 1.807) is 12.1 Å². The number of aromatic carboxylic acids is 1. The molecule has 2 aromatic carbocycles. The highest BCUT2D eigenvalue weighted by molar-refractivity contribution is 9.10. The molecule has 0 bridgehead atoms. The van der Waals surface area contributed by atoms with Gasteiger partial charge in [-0.05, 0) is 71.7 Å². The van der Waals surface area contributed by atoms with Crippen LogP contribution in [-0.4, -0.2) is 30.2 Å². The zero-order chi connectivity index (χ0) is 21.6. The van der Waals surface area contributed by atoms with Gasteiger partial charge in [0.2, 0.25) is 0 Å². The van der Waals surface area contributed by atoms with E-state index in [1.807, 2.05) is 19.9 Å². The lowest BCUT2D eigenvalue weighted by molar-refractivity contribution is -0.112. The second-order valence-electron chi connectivity index (χ2n) is 6.21. The maximum atomic E-state index is 12.5. The average Bonchev–Trinajstić information content (AvgIpc) is 2.67. The van der Waals surface area contributed by atoms with Crippen LogP contribution in [0, 0.1) is 11.3 Å². The topological polar surface area (TPSA) is 109 Å². The number of benzene rings is 2. The molecule has 8 heteroatoms. The van der Waals surface area contributed by atoms with Gasteiger partial charge in [-0.3, -0.25) is 4.79 Å². The van der Waals surface area contributed by atoms with Crippen molar-refractivity contribution in [2.75, 3.05) is 12.4 Å². The number of carboxylic acid groups (broad SMARTS) is 1. The zero-order valence-corrected chi connectivity index (χ0v) is 17.6. The monoisotopic (exact) mass is 458 g/mol. The second kappa shape index (κ2) is 9.75. The molecule has 2 rings (SSSR count). The van der Waals surface area contributed by atoms with Crippen molar-refractivity contribution < 1.29 is 24.2 Å². The molecule has 0 aliphatic carbocycles. The summed E-state index contributed by atoms with van der Waals surface area (Å²) in [6, 6.07) is 11.0. The average molecular weight is 459 g/mol. The summed E-state index contributed by atoms with van der Waals surface area (Å²) < 4.78 is 11.7. The molecule has 0 unspecified atom stereocenters. The van der Waals surface area contributed by atoms with Crippen LogP contribution in [0.3, 0.4) is 0 Å². The largest absolute Gasteiger partial charge is 0.493 e. The Bertz CT molecular complexity index is 1010. The molecule has 0 aliphatic heterocycles. The lowest BCUT2D eigenvalue weighted by Crippen LogP contribution is -2.14. The number of halogens is 1. The molecule has 150 valence electrons. The number of ether oxygens (including phenoxy) is 2. The molecule has 0 radical (unpaired) electrons. The van der Waals surface area contributed by atoms with Crippen molar-refractivity contribution in [2.45, 2.75) is 20.0 Å². The predicted octanol–water partition coefficient (Wildman–Crippen LogP) is 4.49. The van der Waals surface area contributed by atoms with Gasteiger partial charge in [0.15, 0.2) is 11.5 Å². The van der Waals surface area contributed by atoms with E-state index in [-0.39, 0.29) is 22.9 Å². The van der Waals surface area contributed by atoms with Crippen molar-refractivity contribution in [3.8, 4) is 17.6 Å². The first kappa shape index (κ1) is 22.0. The van der Waals surface area contributed by atoms with Crippen LogP contribution >= 0.6 is 15.9 Å². The molecule has 0 atom stereocenters. The Labute approximate surface area is 176 Å². The maximum Gasteiger partial charge on any atom is 0.335 e. The molecule has 0 aliphatic rings. The Balaban J connectivity index is 2.32. The third kappa shape index (κ3) is 5.83. The fourth-order valence-electron chi connectivity index (χ4n) is 2.42. The summed E-state index contributed by atoms with van der Waals surface area (Å²) in [5.74, 6) is -0.801. The standard InChI is InChI=1S/C21H19BrN2O5/c1-12(2)29-19-17(22)8-13(9-18(19)28-3)7-15(11-23)20(25)24-16-6-4-5-14(10-16)21(26)27/h4-10,12H,1-3H3,(H,24,25)(H,26,27). The van der Waals surface area contributed by atoms with Crippen LogP contribution in [0.25, 0.3) is 6.08 Å². The van der Waals surface area contributed by atoms with E-state index in [0.29, 0.717) is 21.5 Å².